The van der Waals surface area contributed by atoms with Crippen molar-refractivity contribution < 1.29 is 0 Å². The van der Waals surface area contributed by atoms with Crippen molar-refractivity contribution in [1.82, 2.24) is 5.32 Å². The van der Waals surface area contributed by atoms with Gasteiger partial charge >= 0.3 is 0 Å². The van der Waals surface area contributed by atoms with Crippen LogP contribution in [0.25, 0.3) is 0 Å². The molecule has 0 aromatic heterocycles. The predicted octanol–water partition coefficient (Wildman–Crippen LogP) is 3.87. The zero-order valence-electron chi connectivity index (χ0n) is 11.0. The summed E-state index contributed by atoms with van der Waals surface area (Å²) >= 11 is 2.16. The fourth-order valence-electron chi connectivity index (χ4n) is 2.48. The van der Waals surface area contributed by atoms with Gasteiger partial charge in [0.15, 0.2) is 0 Å². The fraction of sp³-hybridized carbons (Fsp3) is 0.600. The van der Waals surface area contributed by atoms with Crippen LogP contribution in [0.3, 0.4) is 0 Å². The molecule has 0 saturated carbocycles. The van der Waals surface area contributed by atoms with Crippen LogP contribution in [0.15, 0.2) is 30.3 Å². The van der Waals surface area contributed by atoms with Gasteiger partial charge in [-0.1, -0.05) is 51.1 Å². The van der Waals surface area contributed by atoms with E-state index in [1.54, 1.807) is 0 Å². The third kappa shape index (κ3) is 3.26. The molecule has 94 valence electrons. The molecule has 1 saturated heterocycles. The zero-order chi connectivity index (χ0) is 12.3. The fourth-order valence-corrected chi connectivity index (χ4v) is 4.00. The molecular formula is C15H23NS. The van der Waals surface area contributed by atoms with Crippen LogP contribution < -0.4 is 5.32 Å². The maximum Gasteiger partial charge on any atom is 0.0443 e. The molecular weight excluding hydrogens is 226 g/mol. The van der Waals surface area contributed by atoms with E-state index < -0.39 is 0 Å². The molecule has 1 nitrogen and oxygen atoms in total. The second-order valence-corrected chi connectivity index (χ2v) is 6.91. The topological polar surface area (TPSA) is 12.0 Å². The SMILES string of the molecule is CC1CCNC(c2ccccc2)C(C(C)C)S1. The van der Waals surface area contributed by atoms with Gasteiger partial charge in [0.1, 0.15) is 0 Å². The minimum atomic E-state index is 0.506. The van der Waals surface area contributed by atoms with Crippen LogP contribution in [0, 0.1) is 5.92 Å². The summed E-state index contributed by atoms with van der Waals surface area (Å²) in [4.78, 5) is 0. The second kappa shape index (κ2) is 5.92. The highest BCUT2D eigenvalue weighted by molar-refractivity contribution is 8.00. The summed E-state index contributed by atoms with van der Waals surface area (Å²) in [6, 6.07) is 11.4. The molecule has 0 spiro atoms. The van der Waals surface area contributed by atoms with Crippen molar-refractivity contribution in [2.75, 3.05) is 6.54 Å². The van der Waals surface area contributed by atoms with E-state index in [1.807, 2.05) is 0 Å². The molecule has 2 rings (SSSR count). The van der Waals surface area contributed by atoms with E-state index >= 15 is 0 Å². The maximum absolute atomic E-state index is 3.74. The molecule has 0 aliphatic carbocycles. The van der Waals surface area contributed by atoms with Gasteiger partial charge in [-0.2, -0.15) is 11.8 Å². The van der Waals surface area contributed by atoms with E-state index in [4.69, 9.17) is 0 Å². The first-order chi connectivity index (χ1) is 8.18. The Morgan fingerprint density at radius 3 is 2.59 bits per heavy atom. The molecule has 3 atom stereocenters. The number of hydrogen-bond donors (Lipinski definition) is 1. The first kappa shape index (κ1) is 13.0. The molecule has 0 radical (unpaired) electrons. The number of rotatable bonds is 2. The lowest BCUT2D eigenvalue weighted by atomic mass is 9.96. The van der Waals surface area contributed by atoms with Gasteiger partial charge in [-0.05, 0) is 24.4 Å². The van der Waals surface area contributed by atoms with Crippen LogP contribution in [0.1, 0.15) is 38.8 Å². The molecule has 2 heteroatoms. The van der Waals surface area contributed by atoms with Crippen LogP contribution in [0.5, 0.6) is 0 Å². The van der Waals surface area contributed by atoms with E-state index in [0.29, 0.717) is 17.2 Å². The number of hydrogen-bond acceptors (Lipinski definition) is 2. The van der Waals surface area contributed by atoms with E-state index in [9.17, 15) is 0 Å². The standard InChI is InChI=1S/C15H23NS/c1-11(2)15-14(13-7-5-4-6-8-13)16-10-9-12(3)17-15/h4-8,11-12,14-16H,9-10H2,1-3H3. The molecule has 1 N–H and O–H groups in total. The van der Waals surface area contributed by atoms with Gasteiger partial charge in [0.05, 0.1) is 0 Å². The summed E-state index contributed by atoms with van der Waals surface area (Å²) in [7, 11) is 0. The zero-order valence-corrected chi connectivity index (χ0v) is 11.8. The second-order valence-electron chi connectivity index (χ2n) is 5.29. The predicted molar refractivity (Wildman–Crippen MR) is 77.5 cm³/mol. The number of benzene rings is 1. The van der Waals surface area contributed by atoms with E-state index in [1.165, 1.54) is 12.0 Å². The molecule has 1 heterocycles. The van der Waals surface area contributed by atoms with Gasteiger partial charge in [0, 0.05) is 16.5 Å². The van der Waals surface area contributed by atoms with Gasteiger partial charge < -0.3 is 5.32 Å². The van der Waals surface area contributed by atoms with Gasteiger partial charge in [-0.25, -0.2) is 0 Å². The normalized spacial score (nSPS) is 30.2. The highest BCUT2D eigenvalue weighted by atomic mass is 32.2. The largest absolute Gasteiger partial charge is 0.309 e. The van der Waals surface area contributed by atoms with Crippen molar-refractivity contribution in [1.29, 1.82) is 0 Å². The highest BCUT2D eigenvalue weighted by Gasteiger charge is 2.30. The average molecular weight is 249 g/mol. The Hall–Kier alpha value is -0.470. The van der Waals surface area contributed by atoms with Crippen molar-refractivity contribution in [2.45, 2.75) is 43.7 Å². The molecule has 1 fully saturated rings. The van der Waals surface area contributed by atoms with Crippen molar-refractivity contribution in [3.63, 3.8) is 0 Å². The molecule has 0 amide bonds. The molecule has 1 aliphatic heterocycles. The van der Waals surface area contributed by atoms with Crippen molar-refractivity contribution in [3.05, 3.63) is 35.9 Å². The van der Waals surface area contributed by atoms with Crippen LogP contribution in [-0.2, 0) is 0 Å². The third-order valence-corrected chi connectivity index (χ3v) is 5.28. The van der Waals surface area contributed by atoms with E-state index in [-0.39, 0.29) is 0 Å². The molecule has 1 aliphatic rings. The highest BCUT2D eigenvalue weighted by Crippen LogP contribution is 2.37. The Bertz CT molecular complexity index is 336. The summed E-state index contributed by atoms with van der Waals surface area (Å²) in [5.74, 6) is 0.707. The van der Waals surface area contributed by atoms with Crippen molar-refractivity contribution >= 4 is 11.8 Å². The van der Waals surface area contributed by atoms with E-state index in [0.717, 1.165) is 11.8 Å². The Morgan fingerprint density at radius 2 is 1.94 bits per heavy atom. The van der Waals surface area contributed by atoms with Gasteiger partial charge in [0.2, 0.25) is 0 Å². The van der Waals surface area contributed by atoms with Crippen LogP contribution in [0.2, 0.25) is 0 Å². The smallest absolute Gasteiger partial charge is 0.0443 e. The van der Waals surface area contributed by atoms with Gasteiger partial charge in [0.25, 0.3) is 0 Å². The van der Waals surface area contributed by atoms with Gasteiger partial charge in [-0.3, -0.25) is 0 Å². The lowest BCUT2D eigenvalue weighted by molar-refractivity contribution is 0.452. The number of nitrogens with one attached hydrogen (secondary N) is 1. The minimum Gasteiger partial charge on any atom is -0.309 e. The summed E-state index contributed by atoms with van der Waals surface area (Å²) in [6.07, 6.45) is 1.28. The lowest BCUT2D eigenvalue weighted by Gasteiger charge is -2.29. The summed E-state index contributed by atoms with van der Waals surface area (Å²) in [5.41, 5.74) is 1.44. The Balaban J connectivity index is 2.22. The van der Waals surface area contributed by atoms with E-state index in [2.05, 4.69) is 68.2 Å². The Kier molecular flexibility index (Phi) is 4.52. The molecule has 17 heavy (non-hydrogen) atoms. The maximum atomic E-state index is 3.74. The monoisotopic (exact) mass is 249 g/mol. The number of thioether (sulfide) groups is 1. The third-order valence-electron chi connectivity index (χ3n) is 3.45. The molecule has 0 bridgehead atoms. The molecule has 1 aromatic rings. The van der Waals surface area contributed by atoms with Crippen molar-refractivity contribution in [3.8, 4) is 0 Å². The summed E-state index contributed by atoms with van der Waals surface area (Å²) in [6.45, 7) is 8.17. The average Bonchev–Trinajstić information content (AvgIpc) is 2.52. The summed E-state index contributed by atoms with van der Waals surface area (Å²) in [5, 5.41) is 5.18. The van der Waals surface area contributed by atoms with Gasteiger partial charge in [-0.15, -0.1) is 0 Å². The quantitative estimate of drug-likeness (QED) is 0.854. The minimum absolute atomic E-state index is 0.506. The van der Waals surface area contributed by atoms with Crippen LogP contribution >= 0.6 is 11.8 Å². The Labute approximate surface area is 109 Å². The van der Waals surface area contributed by atoms with Crippen LogP contribution in [-0.4, -0.2) is 17.0 Å². The molecule has 1 aromatic carbocycles. The first-order valence-electron chi connectivity index (χ1n) is 6.62. The van der Waals surface area contributed by atoms with Crippen LogP contribution in [0.4, 0.5) is 0 Å². The lowest BCUT2D eigenvalue weighted by Crippen LogP contribution is -2.32. The summed E-state index contributed by atoms with van der Waals surface area (Å²) < 4.78 is 0. The molecule has 3 unspecified atom stereocenters. The Morgan fingerprint density at radius 1 is 1.24 bits per heavy atom. The van der Waals surface area contributed by atoms with Crippen molar-refractivity contribution in [2.24, 2.45) is 5.92 Å². The first-order valence-corrected chi connectivity index (χ1v) is 7.56.